The minimum Gasteiger partial charge on any atom is -0.467 e. The Morgan fingerprint density at radius 2 is 1.94 bits per heavy atom. The number of furan rings is 1. The summed E-state index contributed by atoms with van der Waals surface area (Å²) < 4.78 is 7.21. The van der Waals surface area contributed by atoms with Gasteiger partial charge in [0.25, 0.3) is 11.8 Å². The number of amides is 2. The van der Waals surface area contributed by atoms with Crippen LogP contribution in [0, 0.1) is 6.92 Å². The quantitative estimate of drug-likeness (QED) is 0.471. The summed E-state index contributed by atoms with van der Waals surface area (Å²) in [4.78, 5) is 31.9. The molecule has 1 N–H and O–H groups in total. The molecule has 3 aromatic heterocycles. The number of hydrogen-bond acceptors (Lipinski definition) is 5. The number of hydrogen-bond donors (Lipinski definition) is 1. The van der Waals surface area contributed by atoms with Crippen molar-refractivity contribution in [3.63, 3.8) is 0 Å². The maximum Gasteiger partial charge on any atom is 0.256 e. The van der Waals surface area contributed by atoms with Crippen LogP contribution >= 0.6 is 0 Å². The standard InChI is InChI=1S/C25H25N5O3/c1-16-22-12-19(13-26-23(22)29(2)28-16)25(32)30(15-21-4-3-11-33-21)14-17-5-7-18(8-6-17)24(31)27-20-9-10-20/h3-8,11-13,20H,9-10,14-15H2,1-2H3,(H,27,31). The molecule has 8 nitrogen and oxygen atoms in total. The van der Waals surface area contributed by atoms with E-state index in [4.69, 9.17) is 4.42 Å². The molecule has 8 heteroatoms. The molecular weight excluding hydrogens is 418 g/mol. The van der Waals surface area contributed by atoms with Crippen molar-refractivity contribution < 1.29 is 14.0 Å². The van der Waals surface area contributed by atoms with Gasteiger partial charge in [-0.3, -0.25) is 14.3 Å². The van der Waals surface area contributed by atoms with Crippen molar-refractivity contribution in [1.29, 1.82) is 0 Å². The lowest BCUT2D eigenvalue weighted by Crippen LogP contribution is -2.30. The SMILES string of the molecule is Cc1nn(C)c2ncc(C(=O)N(Cc3ccc(C(=O)NC4CC4)cc3)Cc3ccco3)cc12. The predicted octanol–water partition coefficient (Wildman–Crippen LogP) is 3.60. The first kappa shape index (κ1) is 20.9. The average molecular weight is 444 g/mol. The van der Waals surface area contributed by atoms with E-state index in [0.717, 1.165) is 35.1 Å². The van der Waals surface area contributed by atoms with Crippen LogP contribution in [0.15, 0.2) is 59.3 Å². The first-order valence-corrected chi connectivity index (χ1v) is 11.0. The summed E-state index contributed by atoms with van der Waals surface area (Å²) in [5.41, 5.74) is 3.60. The summed E-state index contributed by atoms with van der Waals surface area (Å²) in [7, 11) is 1.83. The second-order valence-corrected chi connectivity index (χ2v) is 8.49. The van der Waals surface area contributed by atoms with E-state index in [1.54, 1.807) is 40.2 Å². The van der Waals surface area contributed by atoms with Gasteiger partial charge < -0.3 is 14.6 Å². The predicted molar refractivity (Wildman–Crippen MR) is 122 cm³/mol. The Labute approximate surface area is 191 Å². The first-order chi connectivity index (χ1) is 16.0. The molecular formula is C25H25N5O3. The third-order valence-corrected chi connectivity index (χ3v) is 5.83. The summed E-state index contributed by atoms with van der Waals surface area (Å²) in [6.45, 7) is 2.59. The van der Waals surface area contributed by atoms with Crippen LogP contribution in [0.1, 0.15) is 50.6 Å². The van der Waals surface area contributed by atoms with Crippen molar-refractivity contribution in [3.05, 3.63) is 83.1 Å². The second-order valence-electron chi connectivity index (χ2n) is 8.49. The fourth-order valence-corrected chi connectivity index (χ4v) is 3.88. The second kappa shape index (κ2) is 8.54. The van der Waals surface area contributed by atoms with E-state index in [-0.39, 0.29) is 11.8 Å². The molecule has 4 aromatic rings. The fourth-order valence-electron chi connectivity index (χ4n) is 3.88. The number of fused-ring (bicyclic) bond motifs is 1. The highest BCUT2D eigenvalue weighted by atomic mass is 16.3. The van der Waals surface area contributed by atoms with Crippen molar-refractivity contribution >= 4 is 22.8 Å². The van der Waals surface area contributed by atoms with Crippen LogP contribution in [0.2, 0.25) is 0 Å². The molecule has 3 heterocycles. The summed E-state index contributed by atoms with van der Waals surface area (Å²) in [6, 6.07) is 13.2. The molecule has 168 valence electrons. The molecule has 0 saturated heterocycles. The van der Waals surface area contributed by atoms with Gasteiger partial charge in [-0.2, -0.15) is 5.10 Å². The van der Waals surface area contributed by atoms with E-state index in [9.17, 15) is 9.59 Å². The molecule has 1 aliphatic rings. The molecule has 0 radical (unpaired) electrons. The highest BCUT2D eigenvalue weighted by molar-refractivity contribution is 5.97. The Morgan fingerprint density at radius 1 is 1.15 bits per heavy atom. The monoisotopic (exact) mass is 443 g/mol. The van der Waals surface area contributed by atoms with Crippen LogP contribution in [-0.4, -0.2) is 37.5 Å². The third kappa shape index (κ3) is 4.50. The zero-order valence-corrected chi connectivity index (χ0v) is 18.6. The topological polar surface area (TPSA) is 93.3 Å². The lowest BCUT2D eigenvalue weighted by Gasteiger charge is -2.22. The molecule has 0 unspecified atom stereocenters. The number of rotatable bonds is 7. The molecule has 33 heavy (non-hydrogen) atoms. The molecule has 0 atom stereocenters. The number of carbonyl (C=O) groups excluding carboxylic acids is 2. The molecule has 0 spiro atoms. The van der Waals surface area contributed by atoms with Gasteiger partial charge in [0, 0.05) is 36.8 Å². The number of pyridine rings is 1. The van der Waals surface area contributed by atoms with Gasteiger partial charge in [0.05, 0.1) is 24.1 Å². The van der Waals surface area contributed by atoms with Crippen LogP contribution < -0.4 is 5.32 Å². The normalized spacial score (nSPS) is 13.3. The van der Waals surface area contributed by atoms with Crippen molar-refractivity contribution in [1.82, 2.24) is 25.0 Å². The van der Waals surface area contributed by atoms with Crippen molar-refractivity contribution in [2.75, 3.05) is 0 Å². The van der Waals surface area contributed by atoms with Gasteiger partial charge in [0.15, 0.2) is 5.65 Å². The van der Waals surface area contributed by atoms with E-state index in [0.29, 0.717) is 36.0 Å². The van der Waals surface area contributed by atoms with Gasteiger partial charge in [0.2, 0.25) is 0 Å². The summed E-state index contributed by atoms with van der Waals surface area (Å²) in [5, 5.41) is 8.23. The largest absolute Gasteiger partial charge is 0.467 e. The molecule has 1 aromatic carbocycles. The fraction of sp³-hybridized carbons (Fsp3) is 0.280. The Balaban J connectivity index is 1.39. The Hall–Kier alpha value is -3.94. The molecule has 1 fully saturated rings. The molecule has 0 aliphatic heterocycles. The Kier molecular flexibility index (Phi) is 5.42. The van der Waals surface area contributed by atoms with E-state index in [1.165, 1.54) is 0 Å². The van der Waals surface area contributed by atoms with E-state index in [2.05, 4.69) is 15.4 Å². The molecule has 1 saturated carbocycles. The lowest BCUT2D eigenvalue weighted by atomic mass is 10.1. The lowest BCUT2D eigenvalue weighted by molar-refractivity contribution is 0.0717. The van der Waals surface area contributed by atoms with Crippen LogP contribution in [0.25, 0.3) is 11.0 Å². The summed E-state index contributed by atoms with van der Waals surface area (Å²) in [5.74, 6) is 0.480. The van der Waals surface area contributed by atoms with Crippen molar-refractivity contribution in [2.24, 2.45) is 7.05 Å². The number of nitrogens with one attached hydrogen (secondary N) is 1. The third-order valence-electron chi connectivity index (χ3n) is 5.83. The maximum absolute atomic E-state index is 13.5. The minimum absolute atomic E-state index is 0.0567. The highest BCUT2D eigenvalue weighted by Gasteiger charge is 2.24. The minimum atomic E-state index is -0.153. The zero-order valence-electron chi connectivity index (χ0n) is 18.6. The first-order valence-electron chi connectivity index (χ1n) is 11.0. The highest BCUT2D eigenvalue weighted by Crippen LogP contribution is 2.21. The molecule has 0 bridgehead atoms. The molecule has 2 amide bonds. The summed E-state index contributed by atoms with van der Waals surface area (Å²) in [6.07, 6.45) is 5.28. The summed E-state index contributed by atoms with van der Waals surface area (Å²) >= 11 is 0. The van der Waals surface area contributed by atoms with E-state index < -0.39 is 0 Å². The van der Waals surface area contributed by atoms with E-state index in [1.807, 2.05) is 38.2 Å². The van der Waals surface area contributed by atoms with Gasteiger partial charge in [0.1, 0.15) is 5.76 Å². The maximum atomic E-state index is 13.5. The van der Waals surface area contributed by atoms with Gasteiger partial charge in [-0.1, -0.05) is 12.1 Å². The Bertz CT molecular complexity index is 1300. The number of aryl methyl sites for hydroxylation is 2. The number of aromatic nitrogens is 3. The molecule has 5 rings (SSSR count). The van der Waals surface area contributed by atoms with Crippen LogP contribution in [0.5, 0.6) is 0 Å². The number of carbonyl (C=O) groups is 2. The van der Waals surface area contributed by atoms with Crippen molar-refractivity contribution in [3.8, 4) is 0 Å². The van der Waals surface area contributed by atoms with Gasteiger partial charge in [-0.05, 0) is 55.7 Å². The van der Waals surface area contributed by atoms with Gasteiger partial charge in [-0.15, -0.1) is 0 Å². The number of benzene rings is 1. The molecule has 1 aliphatic carbocycles. The average Bonchev–Trinajstić information content (AvgIpc) is 3.39. The zero-order chi connectivity index (χ0) is 22.9. The van der Waals surface area contributed by atoms with Crippen LogP contribution in [0.3, 0.4) is 0 Å². The smallest absolute Gasteiger partial charge is 0.256 e. The van der Waals surface area contributed by atoms with E-state index >= 15 is 0 Å². The van der Waals surface area contributed by atoms with Gasteiger partial charge in [-0.25, -0.2) is 4.98 Å². The van der Waals surface area contributed by atoms with Crippen LogP contribution in [0.4, 0.5) is 0 Å². The van der Waals surface area contributed by atoms with Crippen LogP contribution in [-0.2, 0) is 20.1 Å². The number of nitrogens with zero attached hydrogens (tertiary/aromatic N) is 4. The Morgan fingerprint density at radius 3 is 2.64 bits per heavy atom. The van der Waals surface area contributed by atoms with Crippen molar-refractivity contribution in [2.45, 2.75) is 38.9 Å². The van der Waals surface area contributed by atoms with Gasteiger partial charge >= 0.3 is 0 Å².